The number of amides is 2. The molecule has 0 aliphatic carbocycles. The highest BCUT2D eigenvalue weighted by Crippen LogP contribution is 2.23. The molecule has 1 aliphatic rings. The largest absolute Gasteiger partial charge is 0.358 e. The van der Waals surface area contributed by atoms with E-state index in [1.54, 1.807) is 4.90 Å². The topological polar surface area (TPSA) is 65.2 Å². The highest BCUT2D eigenvalue weighted by Gasteiger charge is 2.27. The molecule has 0 spiro atoms. The smallest absolute Gasteiger partial charge is 0.253 e. The summed E-state index contributed by atoms with van der Waals surface area (Å²) >= 11 is 0. The van der Waals surface area contributed by atoms with Gasteiger partial charge in [-0.15, -0.1) is 0 Å². The second-order valence-corrected chi connectivity index (χ2v) is 7.89. The van der Waals surface area contributed by atoms with Crippen molar-refractivity contribution >= 4 is 22.7 Å². The van der Waals surface area contributed by atoms with Gasteiger partial charge >= 0.3 is 0 Å². The molecule has 4 rings (SSSR count). The predicted octanol–water partition coefficient (Wildman–Crippen LogP) is 3.83. The van der Waals surface area contributed by atoms with Crippen LogP contribution in [0, 0.1) is 18.7 Å². The summed E-state index contributed by atoms with van der Waals surface area (Å²) in [5.74, 6) is -0.485. The van der Waals surface area contributed by atoms with Crippen molar-refractivity contribution in [3.8, 4) is 0 Å². The number of aryl methyl sites for hydroxylation is 1. The van der Waals surface area contributed by atoms with Crippen LogP contribution in [0.15, 0.2) is 48.5 Å². The highest BCUT2D eigenvalue weighted by atomic mass is 19.1. The van der Waals surface area contributed by atoms with Crippen LogP contribution in [0.4, 0.5) is 4.39 Å². The van der Waals surface area contributed by atoms with E-state index in [1.165, 1.54) is 35.2 Å². The van der Waals surface area contributed by atoms with Crippen molar-refractivity contribution in [3.63, 3.8) is 0 Å². The van der Waals surface area contributed by atoms with Gasteiger partial charge in [0.1, 0.15) is 5.82 Å². The average Bonchev–Trinajstić information content (AvgIpc) is 3.09. The molecule has 6 heteroatoms. The van der Waals surface area contributed by atoms with Crippen molar-refractivity contribution in [1.82, 2.24) is 15.2 Å². The second kappa shape index (κ2) is 8.69. The Labute approximate surface area is 175 Å². The van der Waals surface area contributed by atoms with Crippen molar-refractivity contribution in [2.75, 3.05) is 19.6 Å². The fourth-order valence-corrected chi connectivity index (χ4v) is 4.23. The summed E-state index contributed by atoms with van der Waals surface area (Å²) in [4.78, 5) is 30.3. The zero-order chi connectivity index (χ0) is 21.1. The summed E-state index contributed by atoms with van der Waals surface area (Å²) < 4.78 is 13.1. The first kappa shape index (κ1) is 20.1. The molecule has 0 radical (unpaired) electrons. The summed E-state index contributed by atoms with van der Waals surface area (Å²) in [5.41, 5.74) is 3.98. The van der Waals surface area contributed by atoms with Gasteiger partial charge in [-0.1, -0.05) is 18.2 Å². The van der Waals surface area contributed by atoms with E-state index < -0.39 is 0 Å². The zero-order valence-corrected chi connectivity index (χ0v) is 17.1. The number of carbonyl (C=O) groups excluding carboxylic acids is 2. The Hall–Kier alpha value is -3.15. The van der Waals surface area contributed by atoms with E-state index in [9.17, 15) is 14.0 Å². The zero-order valence-electron chi connectivity index (χ0n) is 17.1. The third-order valence-electron chi connectivity index (χ3n) is 5.95. The van der Waals surface area contributed by atoms with Gasteiger partial charge in [-0.3, -0.25) is 9.59 Å². The number of nitrogens with one attached hydrogen (secondary N) is 2. The molecule has 1 fully saturated rings. The normalized spacial score (nSPS) is 14.8. The Morgan fingerprint density at radius 2 is 1.80 bits per heavy atom. The maximum Gasteiger partial charge on any atom is 0.253 e. The quantitative estimate of drug-likeness (QED) is 0.675. The van der Waals surface area contributed by atoms with Crippen molar-refractivity contribution in [3.05, 3.63) is 71.2 Å². The Morgan fingerprint density at radius 1 is 1.10 bits per heavy atom. The summed E-state index contributed by atoms with van der Waals surface area (Å²) in [6.07, 6.45) is 2.07. The number of para-hydroxylation sites is 1. The first-order valence-corrected chi connectivity index (χ1v) is 10.4. The number of carbonyl (C=O) groups is 2. The molecular formula is C24H26FN3O2. The van der Waals surface area contributed by atoms with Gasteiger partial charge in [-0.25, -0.2) is 4.39 Å². The number of fused-ring (bicyclic) bond motifs is 1. The maximum absolute atomic E-state index is 13.1. The lowest BCUT2D eigenvalue weighted by Crippen LogP contribution is -2.43. The van der Waals surface area contributed by atoms with Gasteiger partial charge in [0.05, 0.1) is 0 Å². The van der Waals surface area contributed by atoms with E-state index in [4.69, 9.17) is 0 Å². The van der Waals surface area contributed by atoms with Gasteiger partial charge in [0, 0.05) is 47.7 Å². The number of hydrogen-bond donors (Lipinski definition) is 2. The summed E-state index contributed by atoms with van der Waals surface area (Å²) in [5, 5.41) is 4.27. The van der Waals surface area contributed by atoms with Gasteiger partial charge in [0.2, 0.25) is 5.91 Å². The third kappa shape index (κ3) is 4.22. The van der Waals surface area contributed by atoms with Crippen LogP contribution in [0.3, 0.4) is 0 Å². The lowest BCUT2D eigenvalue weighted by atomic mass is 9.95. The maximum atomic E-state index is 13.1. The number of likely N-dealkylation sites (tertiary alicyclic amines) is 1. The van der Waals surface area contributed by atoms with E-state index >= 15 is 0 Å². The molecule has 2 amide bonds. The van der Waals surface area contributed by atoms with Crippen LogP contribution in [-0.4, -0.2) is 41.3 Å². The summed E-state index contributed by atoms with van der Waals surface area (Å²) in [6.45, 7) is 3.73. The second-order valence-electron chi connectivity index (χ2n) is 7.89. The standard InChI is InChI=1S/C24H26FN3O2/c1-16-20(21-4-2-3-5-22(21)27-16)10-13-26-23(29)17-11-14-28(15-12-17)24(30)18-6-8-19(25)9-7-18/h2-9,17,27H,10-15H2,1H3,(H,26,29). The van der Waals surface area contributed by atoms with E-state index in [1.807, 2.05) is 12.1 Å². The van der Waals surface area contributed by atoms with Crippen LogP contribution in [0.2, 0.25) is 0 Å². The minimum absolute atomic E-state index is 0.0568. The molecule has 30 heavy (non-hydrogen) atoms. The molecule has 1 saturated heterocycles. The van der Waals surface area contributed by atoms with Crippen LogP contribution in [-0.2, 0) is 11.2 Å². The molecule has 1 aliphatic heterocycles. The molecule has 0 unspecified atom stereocenters. The van der Waals surface area contributed by atoms with Crippen molar-refractivity contribution < 1.29 is 14.0 Å². The van der Waals surface area contributed by atoms with E-state index in [0.29, 0.717) is 38.0 Å². The van der Waals surface area contributed by atoms with E-state index in [0.717, 1.165) is 17.6 Å². The van der Waals surface area contributed by atoms with Crippen molar-refractivity contribution in [2.45, 2.75) is 26.2 Å². The Kier molecular flexibility index (Phi) is 5.84. The number of benzene rings is 2. The summed E-state index contributed by atoms with van der Waals surface area (Å²) in [7, 11) is 0. The fraction of sp³-hybridized carbons (Fsp3) is 0.333. The number of hydrogen-bond acceptors (Lipinski definition) is 2. The minimum atomic E-state index is -0.357. The highest BCUT2D eigenvalue weighted by molar-refractivity contribution is 5.94. The number of aromatic nitrogens is 1. The first-order valence-electron chi connectivity index (χ1n) is 10.4. The monoisotopic (exact) mass is 407 g/mol. The molecule has 2 heterocycles. The van der Waals surface area contributed by atoms with Crippen LogP contribution >= 0.6 is 0 Å². The number of piperidine rings is 1. The molecule has 1 aromatic heterocycles. The lowest BCUT2D eigenvalue weighted by Gasteiger charge is -2.31. The third-order valence-corrected chi connectivity index (χ3v) is 5.95. The number of aromatic amines is 1. The molecule has 5 nitrogen and oxygen atoms in total. The number of rotatable bonds is 5. The van der Waals surface area contributed by atoms with Gasteiger partial charge < -0.3 is 15.2 Å². The molecule has 0 atom stereocenters. The molecule has 2 N–H and O–H groups in total. The van der Waals surface area contributed by atoms with Gasteiger partial charge in [0.25, 0.3) is 5.91 Å². The SMILES string of the molecule is Cc1[nH]c2ccccc2c1CCNC(=O)C1CCN(C(=O)c2ccc(F)cc2)CC1. The van der Waals surface area contributed by atoms with E-state index in [-0.39, 0.29) is 23.5 Å². The fourth-order valence-electron chi connectivity index (χ4n) is 4.23. The van der Waals surface area contributed by atoms with Crippen LogP contribution < -0.4 is 5.32 Å². The lowest BCUT2D eigenvalue weighted by molar-refractivity contribution is -0.126. The van der Waals surface area contributed by atoms with E-state index in [2.05, 4.69) is 29.4 Å². The van der Waals surface area contributed by atoms with Gasteiger partial charge in [-0.05, 0) is 62.1 Å². The first-order chi connectivity index (χ1) is 14.5. The molecule has 3 aromatic rings. The Balaban J connectivity index is 1.27. The molecule has 2 aromatic carbocycles. The molecule has 0 bridgehead atoms. The van der Waals surface area contributed by atoms with Crippen LogP contribution in [0.25, 0.3) is 10.9 Å². The minimum Gasteiger partial charge on any atom is -0.358 e. The summed E-state index contributed by atoms with van der Waals surface area (Å²) in [6, 6.07) is 13.8. The number of nitrogens with zero attached hydrogens (tertiary/aromatic N) is 1. The van der Waals surface area contributed by atoms with Gasteiger partial charge in [0.15, 0.2) is 0 Å². The molecule has 0 saturated carbocycles. The van der Waals surface area contributed by atoms with Crippen molar-refractivity contribution in [2.24, 2.45) is 5.92 Å². The van der Waals surface area contributed by atoms with Crippen LogP contribution in [0.5, 0.6) is 0 Å². The Morgan fingerprint density at radius 3 is 2.53 bits per heavy atom. The predicted molar refractivity (Wildman–Crippen MR) is 115 cm³/mol. The Bertz CT molecular complexity index is 1050. The van der Waals surface area contributed by atoms with Gasteiger partial charge in [-0.2, -0.15) is 0 Å². The van der Waals surface area contributed by atoms with Crippen LogP contribution in [0.1, 0.15) is 34.5 Å². The average molecular weight is 407 g/mol. The van der Waals surface area contributed by atoms with Crippen molar-refractivity contribution in [1.29, 1.82) is 0 Å². The number of H-pyrrole nitrogens is 1. The number of halogens is 1. The molecule has 156 valence electrons. The molecular weight excluding hydrogens is 381 g/mol.